The predicted octanol–water partition coefficient (Wildman–Crippen LogP) is 0.660. The molecule has 2 aliphatic rings. The molecule has 24 heavy (non-hydrogen) atoms. The molecule has 4 rings (SSSR count). The normalized spacial score (nSPS) is 20.8. The van der Waals surface area contributed by atoms with E-state index in [2.05, 4.69) is 20.3 Å². The van der Waals surface area contributed by atoms with Crippen LogP contribution in [0.2, 0.25) is 0 Å². The first-order valence-electron chi connectivity index (χ1n) is 8.26. The van der Waals surface area contributed by atoms with Gasteiger partial charge in [-0.2, -0.15) is 9.50 Å². The van der Waals surface area contributed by atoms with E-state index in [1.807, 2.05) is 0 Å². The highest BCUT2D eigenvalue weighted by molar-refractivity contribution is 7.20. The van der Waals surface area contributed by atoms with Crippen molar-refractivity contribution in [3.05, 3.63) is 22.1 Å². The minimum Gasteiger partial charge on any atom is -0.376 e. The molecule has 128 valence electrons. The molecule has 8 nitrogen and oxygen atoms in total. The van der Waals surface area contributed by atoms with Crippen LogP contribution in [0.25, 0.3) is 4.96 Å². The highest BCUT2D eigenvalue weighted by Gasteiger charge is 2.22. The molecular weight excluding hydrogens is 330 g/mol. The zero-order valence-corrected chi connectivity index (χ0v) is 14.0. The highest BCUT2D eigenvalue weighted by atomic mass is 32.1. The second-order valence-electron chi connectivity index (χ2n) is 6.10. The van der Waals surface area contributed by atoms with E-state index in [9.17, 15) is 9.59 Å². The molecule has 4 heterocycles. The third kappa shape index (κ3) is 3.01. The topological polar surface area (TPSA) is 88.8 Å². The second kappa shape index (κ2) is 6.48. The molecule has 2 saturated heterocycles. The first kappa shape index (κ1) is 15.5. The number of amides is 1. The molecule has 0 saturated carbocycles. The third-order valence-corrected chi connectivity index (χ3v) is 5.34. The summed E-state index contributed by atoms with van der Waals surface area (Å²) in [6.07, 6.45) is 4.29. The van der Waals surface area contributed by atoms with Crippen molar-refractivity contribution < 1.29 is 9.53 Å². The molecule has 0 aliphatic carbocycles. The summed E-state index contributed by atoms with van der Waals surface area (Å²) in [4.78, 5) is 30.9. The Morgan fingerprint density at radius 3 is 2.96 bits per heavy atom. The van der Waals surface area contributed by atoms with Crippen LogP contribution in [0.3, 0.4) is 0 Å². The van der Waals surface area contributed by atoms with Gasteiger partial charge in [0, 0.05) is 32.3 Å². The van der Waals surface area contributed by atoms with E-state index in [1.165, 1.54) is 21.9 Å². The lowest BCUT2D eigenvalue weighted by atomic mass is 10.2. The van der Waals surface area contributed by atoms with Crippen molar-refractivity contribution in [2.24, 2.45) is 0 Å². The average Bonchev–Trinajstić information content (AvgIpc) is 3.30. The Bertz CT molecular complexity index is 805. The zero-order chi connectivity index (χ0) is 16.5. The van der Waals surface area contributed by atoms with Crippen molar-refractivity contribution in [2.45, 2.75) is 31.8 Å². The molecule has 0 radical (unpaired) electrons. The number of nitrogens with zero attached hydrogens (tertiary/aromatic N) is 4. The van der Waals surface area contributed by atoms with Gasteiger partial charge < -0.3 is 15.0 Å². The van der Waals surface area contributed by atoms with Crippen LogP contribution in [-0.4, -0.2) is 52.9 Å². The number of nitrogens with one attached hydrogen (secondary N) is 1. The number of hydrogen-bond acceptors (Lipinski definition) is 7. The number of fused-ring (bicyclic) bond motifs is 1. The van der Waals surface area contributed by atoms with Crippen LogP contribution in [0.5, 0.6) is 0 Å². The molecule has 2 aromatic rings. The summed E-state index contributed by atoms with van der Waals surface area (Å²) in [7, 11) is 0. The molecule has 1 amide bonds. The van der Waals surface area contributed by atoms with E-state index < -0.39 is 5.56 Å². The van der Waals surface area contributed by atoms with Gasteiger partial charge in [-0.05, 0) is 25.7 Å². The van der Waals surface area contributed by atoms with Crippen LogP contribution in [0.1, 0.15) is 36.2 Å². The Labute approximate surface area is 142 Å². The summed E-state index contributed by atoms with van der Waals surface area (Å²) >= 11 is 1.35. The van der Waals surface area contributed by atoms with Crippen LogP contribution < -0.4 is 15.8 Å². The van der Waals surface area contributed by atoms with Crippen molar-refractivity contribution in [3.8, 4) is 0 Å². The second-order valence-corrected chi connectivity index (χ2v) is 7.03. The fourth-order valence-electron chi connectivity index (χ4n) is 3.11. The molecule has 2 aliphatic heterocycles. The van der Waals surface area contributed by atoms with Gasteiger partial charge in [0.1, 0.15) is 5.69 Å². The molecular formula is C15H19N5O3S. The maximum Gasteiger partial charge on any atom is 0.274 e. The summed E-state index contributed by atoms with van der Waals surface area (Å²) in [5.74, 6) is -0.321. The van der Waals surface area contributed by atoms with E-state index >= 15 is 0 Å². The molecule has 2 fully saturated rings. The number of rotatable bonds is 4. The number of hydrogen-bond donors (Lipinski definition) is 1. The average molecular weight is 349 g/mol. The monoisotopic (exact) mass is 349 g/mol. The van der Waals surface area contributed by atoms with Gasteiger partial charge in [0.25, 0.3) is 11.5 Å². The molecule has 0 spiro atoms. The molecule has 0 aromatic carbocycles. The van der Waals surface area contributed by atoms with E-state index in [0.717, 1.165) is 50.5 Å². The van der Waals surface area contributed by atoms with Crippen molar-refractivity contribution >= 4 is 27.3 Å². The number of ether oxygens (including phenoxy) is 1. The summed E-state index contributed by atoms with van der Waals surface area (Å²) in [6, 6.07) is 1.24. The van der Waals surface area contributed by atoms with Crippen molar-refractivity contribution in [1.29, 1.82) is 0 Å². The predicted molar refractivity (Wildman–Crippen MR) is 89.9 cm³/mol. The first-order chi connectivity index (χ1) is 11.7. The molecule has 1 atom stereocenters. The molecule has 9 heteroatoms. The smallest absolute Gasteiger partial charge is 0.274 e. The van der Waals surface area contributed by atoms with Crippen LogP contribution in [0.15, 0.2) is 10.9 Å². The maximum atomic E-state index is 12.5. The number of carbonyl (C=O) groups is 1. The van der Waals surface area contributed by atoms with Crippen molar-refractivity contribution in [1.82, 2.24) is 19.9 Å². The van der Waals surface area contributed by atoms with Crippen LogP contribution in [0, 0.1) is 0 Å². The van der Waals surface area contributed by atoms with Crippen molar-refractivity contribution in [2.75, 3.05) is 31.1 Å². The van der Waals surface area contributed by atoms with Gasteiger partial charge in [-0.25, -0.2) is 0 Å². The Balaban J connectivity index is 1.60. The molecule has 2 aromatic heterocycles. The quantitative estimate of drug-likeness (QED) is 0.872. The number of carbonyl (C=O) groups excluding carboxylic acids is 1. The van der Waals surface area contributed by atoms with E-state index in [4.69, 9.17) is 4.74 Å². The van der Waals surface area contributed by atoms with Gasteiger partial charge in [-0.1, -0.05) is 11.3 Å². The summed E-state index contributed by atoms with van der Waals surface area (Å²) in [6.45, 7) is 3.08. The lowest BCUT2D eigenvalue weighted by molar-refractivity contribution is 0.0851. The van der Waals surface area contributed by atoms with Gasteiger partial charge in [-0.15, -0.1) is 5.10 Å². The Hall–Kier alpha value is -2.00. The SMILES string of the molecule is O=C(NCC1CCCO1)c1cc(=O)nc2sc(N3CCCC3)nn12. The lowest BCUT2D eigenvalue weighted by Crippen LogP contribution is -2.34. The minimum atomic E-state index is -0.422. The zero-order valence-electron chi connectivity index (χ0n) is 13.2. The highest BCUT2D eigenvalue weighted by Crippen LogP contribution is 2.25. The number of aromatic nitrogens is 3. The fraction of sp³-hybridized carbons (Fsp3) is 0.600. The lowest BCUT2D eigenvalue weighted by Gasteiger charge is -2.12. The summed E-state index contributed by atoms with van der Waals surface area (Å²) < 4.78 is 6.98. The van der Waals surface area contributed by atoms with Crippen molar-refractivity contribution in [3.63, 3.8) is 0 Å². The Morgan fingerprint density at radius 2 is 2.21 bits per heavy atom. The fourth-order valence-corrected chi connectivity index (χ4v) is 4.06. The number of anilines is 1. The minimum absolute atomic E-state index is 0.0543. The van der Waals surface area contributed by atoms with E-state index in [0.29, 0.717) is 11.5 Å². The Kier molecular flexibility index (Phi) is 4.19. The van der Waals surface area contributed by atoms with Gasteiger partial charge in [-0.3, -0.25) is 9.59 Å². The Morgan fingerprint density at radius 1 is 1.38 bits per heavy atom. The van der Waals surface area contributed by atoms with E-state index in [-0.39, 0.29) is 17.7 Å². The third-order valence-electron chi connectivity index (χ3n) is 4.37. The van der Waals surface area contributed by atoms with Crippen LogP contribution >= 0.6 is 11.3 Å². The van der Waals surface area contributed by atoms with Gasteiger partial charge >= 0.3 is 0 Å². The largest absolute Gasteiger partial charge is 0.376 e. The standard InChI is InChI=1S/C15H19N5O3S/c21-12-8-11(13(22)16-9-10-4-3-7-23-10)20-14(17-12)24-15(18-20)19-5-1-2-6-19/h8,10H,1-7,9H2,(H,16,22). The maximum absolute atomic E-state index is 12.5. The summed E-state index contributed by atoms with van der Waals surface area (Å²) in [5, 5.41) is 8.15. The first-order valence-corrected chi connectivity index (χ1v) is 9.08. The summed E-state index contributed by atoms with van der Waals surface area (Å²) in [5.41, 5.74) is -0.196. The molecule has 1 unspecified atom stereocenters. The van der Waals surface area contributed by atoms with E-state index in [1.54, 1.807) is 0 Å². The van der Waals surface area contributed by atoms with Gasteiger partial charge in [0.15, 0.2) is 0 Å². The molecule has 1 N–H and O–H groups in total. The van der Waals surface area contributed by atoms with Gasteiger partial charge in [0.2, 0.25) is 10.1 Å². The van der Waals surface area contributed by atoms with Crippen LogP contribution in [0.4, 0.5) is 5.13 Å². The molecule has 0 bridgehead atoms. The van der Waals surface area contributed by atoms with Gasteiger partial charge in [0.05, 0.1) is 6.10 Å². The van der Waals surface area contributed by atoms with Crippen LogP contribution in [-0.2, 0) is 4.74 Å².